The third-order valence-corrected chi connectivity index (χ3v) is 5.33. The second-order valence-electron chi connectivity index (χ2n) is 5.02. The molecule has 0 saturated carbocycles. The number of nitrogen functional groups attached to an aromatic ring is 1. The number of benzene rings is 1. The van der Waals surface area contributed by atoms with E-state index in [-0.39, 0.29) is 22.9 Å². The molecule has 0 spiro atoms. The molecular formula is C11H18N4O5S. The summed E-state index contributed by atoms with van der Waals surface area (Å²) in [4.78, 5) is 9.85. The highest BCUT2D eigenvalue weighted by molar-refractivity contribution is 7.89. The summed E-state index contributed by atoms with van der Waals surface area (Å²) in [7, 11) is -2.67. The van der Waals surface area contributed by atoms with E-state index in [4.69, 9.17) is 5.84 Å². The first-order valence-corrected chi connectivity index (χ1v) is 7.37. The van der Waals surface area contributed by atoms with Crippen molar-refractivity contribution in [2.24, 2.45) is 5.84 Å². The Hall–Kier alpha value is -1.75. The first kappa shape index (κ1) is 17.3. The summed E-state index contributed by atoms with van der Waals surface area (Å²) in [6.07, 6.45) is 0. The molecule has 9 nitrogen and oxygen atoms in total. The number of hydrazine groups is 1. The van der Waals surface area contributed by atoms with Gasteiger partial charge in [0.05, 0.1) is 22.8 Å². The molecule has 0 aliphatic carbocycles. The van der Waals surface area contributed by atoms with Crippen molar-refractivity contribution < 1.29 is 18.4 Å². The standard InChI is InChI=1S/C11H18N4O5S/c1-11(2,7-16)14(3)21(19,20)10-5-4-8(15(17)18)6-9(10)13-12/h4-6,13,16H,7,12H2,1-3H3. The topological polar surface area (TPSA) is 139 Å². The number of aliphatic hydroxyl groups excluding tert-OH is 1. The van der Waals surface area contributed by atoms with Crippen LogP contribution in [0.1, 0.15) is 13.8 Å². The van der Waals surface area contributed by atoms with Gasteiger partial charge in [0, 0.05) is 19.2 Å². The summed E-state index contributed by atoms with van der Waals surface area (Å²) in [5, 5.41) is 20.0. The molecule has 0 saturated heterocycles. The number of aliphatic hydroxyl groups is 1. The van der Waals surface area contributed by atoms with Gasteiger partial charge in [0.2, 0.25) is 10.0 Å². The van der Waals surface area contributed by atoms with Crippen molar-refractivity contribution in [2.45, 2.75) is 24.3 Å². The summed E-state index contributed by atoms with van der Waals surface area (Å²) >= 11 is 0. The van der Waals surface area contributed by atoms with E-state index in [9.17, 15) is 23.6 Å². The third kappa shape index (κ3) is 3.29. The van der Waals surface area contributed by atoms with Crippen LogP contribution >= 0.6 is 0 Å². The minimum atomic E-state index is -3.99. The Kier molecular flexibility index (Phi) is 4.89. The molecule has 0 heterocycles. The molecule has 0 aromatic heterocycles. The second-order valence-corrected chi connectivity index (χ2v) is 6.96. The summed E-state index contributed by atoms with van der Waals surface area (Å²) < 4.78 is 26.1. The van der Waals surface area contributed by atoms with Crippen molar-refractivity contribution >= 4 is 21.4 Å². The van der Waals surface area contributed by atoms with Crippen LogP contribution in [0.3, 0.4) is 0 Å². The maximum Gasteiger partial charge on any atom is 0.271 e. The summed E-state index contributed by atoms with van der Waals surface area (Å²) in [6.45, 7) is 2.71. The first-order chi connectivity index (χ1) is 9.57. The number of hydrogen-bond acceptors (Lipinski definition) is 7. The molecule has 21 heavy (non-hydrogen) atoms. The number of nitrogens with one attached hydrogen (secondary N) is 1. The Morgan fingerprint density at radius 3 is 2.48 bits per heavy atom. The van der Waals surface area contributed by atoms with Crippen LogP contribution in [0.25, 0.3) is 0 Å². The molecule has 118 valence electrons. The van der Waals surface area contributed by atoms with E-state index in [0.29, 0.717) is 0 Å². The second kappa shape index (κ2) is 5.93. The van der Waals surface area contributed by atoms with E-state index >= 15 is 0 Å². The van der Waals surface area contributed by atoms with Gasteiger partial charge in [0.25, 0.3) is 5.69 Å². The van der Waals surface area contributed by atoms with Crippen LogP contribution in [0.2, 0.25) is 0 Å². The smallest absolute Gasteiger partial charge is 0.271 e. The van der Waals surface area contributed by atoms with Crippen molar-refractivity contribution in [3.8, 4) is 0 Å². The lowest BCUT2D eigenvalue weighted by molar-refractivity contribution is -0.384. The average Bonchev–Trinajstić information content (AvgIpc) is 2.45. The summed E-state index contributed by atoms with van der Waals surface area (Å²) in [5.74, 6) is 5.25. The van der Waals surface area contributed by atoms with Gasteiger partial charge in [-0.2, -0.15) is 4.31 Å². The summed E-state index contributed by atoms with van der Waals surface area (Å²) in [6, 6.07) is 3.22. The highest BCUT2D eigenvalue weighted by Crippen LogP contribution is 2.30. The molecule has 0 amide bonds. The van der Waals surface area contributed by atoms with Gasteiger partial charge in [-0.15, -0.1) is 0 Å². The van der Waals surface area contributed by atoms with Gasteiger partial charge in [-0.1, -0.05) is 0 Å². The molecular weight excluding hydrogens is 300 g/mol. The Bertz CT molecular complexity index is 644. The number of anilines is 1. The summed E-state index contributed by atoms with van der Waals surface area (Å²) in [5.41, 5.74) is 0.734. The molecule has 0 fully saturated rings. The highest BCUT2D eigenvalue weighted by Gasteiger charge is 2.35. The van der Waals surface area contributed by atoms with E-state index in [1.165, 1.54) is 7.05 Å². The zero-order chi connectivity index (χ0) is 16.4. The number of nitrogens with two attached hydrogens (primary N) is 1. The van der Waals surface area contributed by atoms with Crippen LogP contribution in [0.15, 0.2) is 23.1 Å². The molecule has 4 N–H and O–H groups in total. The zero-order valence-corrected chi connectivity index (χ0v) is 12.7. The van der Waals surface area contributed by atoms with Crippen molar-refractivity contribution in [1.29, 1.82) is 0 Å². The average molecular weight is 318 g/mol. The van der Waals surface area contributed by atoms with Gasteiger partial charge in [-0.05, 0) is 19.9 Å². The number of nitrogens with zero attached hydrogens (tertiary/aromatic N) is 2. The number of non-ortho nitro benzene ring substituents is 1. The van der Waals surface area contributed by atoms with Gasteiger partial charge in [-0.3, -0.25) is 16.0 Å². The van der Waals surface area contributed by atoms with Gasteiger partial charge in [0.1, 0.15) is 4.90 Å². The van der Waals surface area contributed by atoms with Crippen molar-refractivity contribution in [3.63, 3.8) is 0 Å². The van der Waals surface area contributed by atoms with Crippen LogP contribution in [0, 0.1) is 10.1 Å². The number of hydrogen-bond donors (Lipinski definition) is 3. The number of likely N-dealkylation sites (N-methyl/N-ethyl adjacent to an activating group) is 1. The Labute approximate surface area is 122 Å². The molecule has 0 radical (unpaired) electrons. The zero-order valence-electron chi connectivity index (χ0n) is 11.9. The lowest BCUT2D eigenvalue weighted by Crippen LogP contribution is -2.47. The van der Waals surface area contributed by atoms with E-state index in [1.54, 1.807) is 13.8 Å². The molecule has 0 bridgehead atoms. The number of nitro groups is 1. The highest BCUT2D eigenvalue weighted by atomic mass is 32.2. The maximum absolute atomic E-state index is 12.5. The van der Waals surface area contributed by atoms with Gasteiger partial charge in [0.15, 0.2) is 0 Å². The van der Waals surface area contributed by atoms with E-state index in [2.05, 4.69) is 5.43 Å². The van der Waals surface area contributed by atoms with Crippen LogP contribution in [0.5, 0.6) is 0 Å². The molecule has 0 unspecified atom stereocenters. The van der Waals surface area contributed by atoms with Gasteiger partial charge in [-0.25, -0.2) is 8.42 Å². The fourth-order valence-electron chi connectivity index (χ4n) is 1.54. The van der Waals surface area contributed by atoms with E-state index in [1.807, 2.05) is 0 Å². The largest absolute Gasteiger partial charge is 0.394 e. The van der Waals surface area contributed by atoms with E-state index < -0.39 is 20.5 Å². The fourth-order valence-corrected chi connectivity index (χ4v) is 3.18. The molecule has 1 rings (SSSR count). The van der Waals surface area contributed by atoms with Crippen molar-refractivity contribution in [3.05, 3.63) is 28.3 Å². The predicted molar refractivity (Wildman–Crippen MR) is 77.0 cm³/mol. The number of rotatable bonds is 6. The third-order valence-electron chi connectivity index (χ3n) is 3.21. The predicted octanol–water partition coefficient (Wildman–Crippen LogP) is 0.272. The Morgan fingerprint density at radius 1 is 1.48 bits per heavy atom. The van der Waals surface area contributed by atoms with Gasteiger partial charge < -0.3 is 10.5 Å². The molecule has 0 atom stereocenters. The van der Waals surface area contributed by atoms with Crippen molar-refractivity contribution in [2.75, 3.05) is 19.1 Å². The minimum Gasteiger partial charge on any atom is -0.394 e. The molecule has 0 aliphatic rings. The molecule has 1 aromatic carbocycles. The quantitative estimate of drug-likeness (QED) is 0.388. The normalized spacial score (nSPS) is 12.5. The number of nitro benzene ring substituents is 1. The lowest BCUT2D eigenvalue weighted by atomic mass is 10.1. The molecule has 0 aliphatic heterocycles. The molecule has 10 heteroatoms. The lowest BCUT2D eigenvalue weighted by Gasteiger charge is -2.33. The first-order valence-electron chi connectivity index (χ1n) is 5.93. The maximum atomic E-state index is 12.5. The van der Waals surface area contributed by atoms with Crippen LogP contribution in [0.4, 0.5) is 11.4 Å². The van der Waals surface area contributed by atoms with Crippen LogP contribution in [-0.2, 0) is 10.0 Å². The molecule has 1 aromatic rings. The van der Waals surface area contributed by atoms with Crippen molar-refractivity contribution in [1.82, 2.24) is 4.31 Å². The minimum absolute atomic E-state index is 0.0928. The number of sulfonamides is 1. The Morgan fingerprint density at radius 2 is 2.05 bits per heavy atom. The fraction of sp³-hybridized carbons (Fsp3) is 0.455. The SMILES string of the molecule is CN(C(C)(C)CO)S(=O)(=O)c1ccc([N+](=O)[O-])cc1NN. The Balaban J connectivity index is 3.42. The van der Waals surface area contributed by atoms with Gasteiger partial charge >= 0.3 is 0 Å². The van der Waals surface area contributed by atoms with E-state index in [0.717, 1.165) is 22.5 Å². The monoisotopic (exact) mass is 318 g/mol. The van der Waals surface area contributed by atoms with Crippen LogP contribution in [-0.4, -0.2) is 41.9 Å². The van der Waals surface area contributed by atoms with Crippen LogP contribution < -0.4 is 11.3 Å².